The molecule has 0 aliphatic rings. The van der Waals surface area contributed by atoms with Gasteiger partial charge in [-0.2, -0.15) is 0 Å². The third kappa shape index (κ3) is 6.01. The van der Waals surface area contributed by atoms with Gasteiger partial charge in [0, 0.05) is 32.0 Å². The molecule has 3 aromatic rings. The molecule has 32 heavy (non-hydrogen) atoms. The number of hydrogen-bond acceptors (Lipinski definition) is 4. The van der Waals surface area contributed by atoms with Crippen molar-refractivity contribution < 1.29 is 14.3 Å². The molecular weight excluding hydrogens is 404 g/mol. The van der Waals surface area contributed by atoms with Crippen LogP contribution in [0.25, 0.3) is 0 Å². The fourth-order valence-electron chi connectivity index (χ4n) is 3.20. The second-order valence-electron chi connectivity index (χ2n) is 7.30. The molecule has 3 amide bonds. The first-order chi connectivity index (χ1) is 15.5. The molecular formula is C25H28N4O3. The van der Waals surface area contributed by atoms with E-state index in [0.717, 1.165) is 11.3 Å². The van der Waals surface area contributed by atoms with Gasteiger partial charge >= 0.3 is 6.03 Å². The molecule has 0 unspecified atom stereocenters. The Morgan fingerprint density at radius 1 is 0.906 bits per heavy atom. The molecule has 0 saturated heterocycles. The van der Waals surface area contributed by atoms with Gasteiger partial charge in [0.1, 0.15) is 5.75 Å². The number of amides is 3. The molecule has 7 heteroatoms. The van der Waals surface area contributed by atoms with E-state index in [2.05, 4.69) is 16.0 Å². The van der Waals surface area contributed by atoms with E-state index in [0.29, 0.717) is 35.8 Å². The fraction of sp³-hybridized carbons (Fsp3) is 0.200. The van der Waals surface area contributed by atoms with Crippen LogP contribution >= 0.6 is 0 Å². The van der Waals surface area contributed by atoms with Gasteiger partial charge in [-0.15, -0.1) is 0 Å². The maximum Gasteiger partial charge on any atom is 0.323 e. The molecule has 0 spiro atoms. The van der Waals surface area contributed by atoms with E-state index in [9.17, 15) is 9.59 Å². The summed E-state index contributed by atoms with van der Waals surface area (Å²) in [5.41, 5.74) is 3.31. The van der Waals surface area contributed by atoms with Crippen molar-refractivity contribution in [3.05, 3.63) is 83.9 Å². The summed E-state index contributed by atoms with van der Waals surface area (Å²) < 4.78 is 5.54. The van der Waals surface area contributed by atoms with Crippen molar-refractivity contribution >= 4 is 29.0 Å². The molecule has 0 heterocycles. The zero-order valence-corrected chi connectivity index (χ0v) is 18.5. The van der Waals surface area contributed by atoms with Gasteiger partial charge in [-0.1, -0.05) is 42.5 Å². The first-order valence-electron chi connectivity index (χ1n) is 10.4. The van der Waals surface area contributed by atoms with Crippen molar-refractivity contribution in [2.45, 2.75) is 13.5 Å². The lowest BCUT2D eigenvalue weighted by Crippen LogP contribution is -2.26. The molecule has 0 saturated carbocycles. The van der Waals surface area contributed by atoms with Gasteiger partial charge in [0.2, 0.25) is 0 Å². The molecule has 0 radical (unpaired) electrons. The average Bonchev–Trinajstić information content (AvgIpc) is 2.79. The number of ether oxygens (including phenoxy) is 1. The smallest absolute Gasteiger partial charge is 0.323 e. The van der Waals surface area contributed by atoms with Crippen LogP contribution in [0.2, 0.25) is 0 Å². The van der Waals surface area contributed by atoms with Crippen LogP contribution in [0.15, 0.2) is 72.8 Å². The number of nitrogens with one attached hydrogen (secondary N) is 3. The predicted octanol–water partition coefficient (Wildman–Crippen LogP) is 4.73. The van der Waals surface area contributed by atoms with E-state index < -0.39 is 6.03 Å². The minimum absolute atomic E-state index is 0.219. The Morgan fingerprint density at radius 3 is 2.34 bits per heavy atom. The molecule has 0 fully saturated rings. The van der Waals surface area contributed by atoms with Gasteiger partial charge in [-0.05, 0) is 42.8 Å². The molecule has 3 N–H and O–H groups in total. The fourth-order valence-corrected chi connectivity index (χ4v) is 3.20. The van der Waals surface area contributed by atoms with Crippen LogP contribution in [0.4, 0.5) is 21.9 Å². The summed E-state index contributed by atoms with van der Waals surface area (Å²) in [5, 5.41) is 8.52. The zero-order chi connectivity index (χ0) is 22.9. The van der Waals surface area contributed by atoms with E-state index in [1.165, 1.54) is 0 Å². The standard InChI is InChI=1S/C25H28N4O3/c1-4-32-23-13-9-8-12-21(23)28-25(31)27-19-14-15-22(29(2)3)20(16-19)24(30)26-17-18-10-6-5-7-11-18/h5-16H,4,17H2,1-3H3,(H,26,30)(H2,27,28,31). The Balaban J connectivity index is 1.73. The molecule has 0 bridgehead atoms. The lowest BCUT2D eigenvalue weighted by Gasteiger charge is -2.19. The molecule has 0 atom stereocenters. The number of hydrogen-bond donors (Lipinski definition) is 3. The second-order valence-corrected chi connectivity index (χ2v) is 7.30. The molecule has 166 valence electrons. The topological polar surface area (TPSA) is 82.7 Å². The van der Waals surface area contributed by atoms with Crippen molar-refractivity contribution in [2.24, 2.45) is 0 Å². The zero-order valence-electron chi connectivity index (χ0n) is 18.5. The average molecular weight is 433 g/mol. The van der Waals surface area contributed by atoms with Gasteiger partial charge in [-0.25, -0.2) is 4.79 Å². The Labute approximate surface area is 188 Å². The number of carbonyl (C=O) groups excluding carboxylic acids is 2. The number of carbonyl (C=O) groups is 2. The van der Waals surface area contributed by atoms with Crippen LogP contribution in [0, 0.1) is 0 Å². The molecule has 3 rings (SSSR count). The van der Waals surface area contributed by atoms with Gasteiger partial charge in [0.15, 0.2) is 0 Å². The van der Waals surface area contributed by atoms with E-state index in [1.807, 2.05) is 68.4 Å². The minimum Gasteiger partial charge on any atom is -0.492 e. The number of nitrogens with zero attached hydrogens (tertiary/aromatic N) is 1. The highest BCUT2D eigenvalue weighted by atomic mass is 16.5. The summed E-state index contributed by atoms with van der Waals surface area (Å²) in [6.07, 6.45) is 0. The third-order valence-corrected chi connectivity index (χ3v) is 4.71. The van der Waals surface area contributed by atoms with Crippen LogP contribution in [0.3, 0.4) is 0 Å². The van der Waals surface area contributed by atoms with Crippen molar-refractivity contribution in [1.29, 1.82) is 0 Å². The lowest BCUT2D eigenvalue weighted by atomic mass is 10.1. The highest BCUT2D eigenvalue weighted by Crippen LogP contribution is 2.25. The van der Waals surface area contributed by atoms with Crippen LogP contribution in [0.1, 0.15) is 22.8 Å². The van der Waals surface area contributed by atoms with E-state index in [1.54, 1.807) is 30.3 Å². The molecule has 3 aromatic carbocycles. The normalized spacial score (nSPS) is 10.2. The Kier molecular flexibility index (Phi) is 7.70. The number of para-hydroxylation sites is 2. The Hall–Kier alpha value is -4.00. The number of urea groups is 1. The van der Waals surface area contributed by atoms with Gasteiger partial charge in [0.25, 0.3) is 5.91 Å². The third-order valence-electron chi connectivity index (χ3n) is 4.71. The second kappa shape index (κ2) is 10.9. The van der Waals surface area contributed by atoms with Gasteiger partial charge < -0.3 is 25.6 Å². The van der Waals surface area contributed by atoms with Crippen LogP contribution < -0.4 is 25.6 Å². The van der Waals surface area contributed by atoms with Crippen LogP contribution in [-0.2, 0) is 6.54 Å². The summed E-state index contributed by atoms with van der Waals surface area (Å²) in [4.78, 5) is 27.3. The predicted molar refractivity (Wildman–Crippen MR) is 129 cm³/mol. The SMILES string of the molecule is CCOc1ccccc1NC(=O)Nc1ccc(N(C)C)c(C(=O)NCc2ccccc2)c1. The summed E-state index contributed by atoms with van der Waals surface area (Å²) >= 11 is 0. The number of rotatable bonds is 8. The highest BCUT2D eigenvalue weighted by Gasteiger charge is 2.15. The molecule has 0 aliphatic heterocycles. The largest absolute Gasteiger partial charge is 0.492 e. The molecule has 0 aliphatic carbocycles. The maximum absolute atomic E-state index is 12.9. The van der Waals surface area contributed by atoms with Crippen LogP contribution in [-0.4, -0.2) is 32.6 Å². The summed E-state index contributed by atoms with van der Waals surface area (Å²) in [6, 6.07) is 21.7. The van der Waals surface area contributed by atoms with Crippen LogP contribution in [0.5, 0.6) is 5.75 Å². The number of anilines is 3. The van der Waals surface area contributed by atoms with Crippen molar-refractivity contribution in [3.63, 3.8) is 0 Å². The van der Waals surface area contributed by atoms with Crippen molar-refractivity contribution in [1.82, 2.24) is 5.32 Å². The monoisotopic (exact) mass is 432 g/mol. The quantitative estimate of drug-likeness (QED) is 0.481. The summed E-state index contributed by atoms with van der Waals surface area (Å²) in [6.45, 7) is 2.79. The first kappa shape index (κ1) is 22.7. The van der Waals surface area contributed by atoms with E-state index >= 15 is 0 Å². The van der Waals surface area contributed by atoms with E-state index in [4.69, 9.17) is 4.74 Å². The van der Waals surface area contributed by atoms with Crippen molar-refractivity contribution in [2.75, 3.05) is 36.2 Å². The molecule has 0 aromatic heterocycles. The lowest BCUT2D eigenvalue weighted by molar-refractivity contribution is 0.0951. The maximum atomic E-state index is 12.9. The first-order valence-corrected chi connectivity index (χ1v) is 10.4. The highest BCUT2D eigenvalue weighted by molar-refractivity contribution is 6.04. The Bertz CT molecular complexity index is 1070. The Morgan fingerprint density at radius 2 is 1.62 bits per heavy atom. The number of benzene rings is 3. The molecule has 7 nitrogen and oxygen atoms in total. The summed E-state index contributed by atoms with van der Waals surface area (Å²) in [5.74, 6) is 0.373. The van der Waals surface area contributed by atoms with Gasteiger partial charge in [-0.3, -0.25) is 4.79 Å². The minimum atomic E-state index is -0.426. The van der Waals surface area contributed by atoms with Gasteiger partial charge in [0.05, 0.1) is 17.9 Å². The summed E-state index contributed by atoms with van der Waals surface area (Å²) in [7, 11) is 3.74. The van der Waals surface area contributed by atoms with Crippen molar-refractivity contribution in [3.8, 4) is 5.75 Å². The van der Waals surface area contributed by atoms with E-state index in [-0.39, 0.29) is 5.91 Å².